The molecule has 3 nitrogen and oxygen atoms in total. The van der Waals surface area contributed by atoms with E-state index < -0.39 is 12.0 Å². The summed E-state index contributed by atoms with van der Waals surface area (Å²) in [4.78, 5) is 8.66. The van der Waals surface area contributed by atoms with Gasteiger partial charge in [0, 0.05) is 24.0 Å². The maximum Gasteiger partial charge on any atom is 0.451 e. The molecule has 0 amide bonds. The molecule has 0 aliphatic rings. The molecule has 0 saturated carbocycles. The summed E-state index contributed by atoms with van der Waals surface area (Å²) in [6, 6.07) is 4.88. The van der Waals surface area contributed by atoms with Gasteiger partial charge in [-0.3, -0.25) is 0 Å². The third-order valence-corrected chi connectivity index (χ3v) is 2.81. The predicted molar refractivity (Wildman–Crippen MR) is 66.6 cm³/mol. The Balaban J connectivity index is 2.79. The fourth-order valence-electron chi connectivity index (χ4n) is 1.55. The molecule has 1 aromatic carbocycles. The van der Waals surface area contributed by atoms with Crippen LogP contribution in [0.4, 0.5) is 19.0 Å². The quantitative estimate of drug-likeness (QED) is 0.805. The van der Waals surface area contributed by atoms with Gasteiger partial charge in [0.2, 0.25) is 5.82 Å². The highest BCUT2D eigenvalue weighted by Crippen LogP contribution is 2.32. The van der Waals surface area contributed by atoms with Gasteiger partial charge in [-0.25, -0.2) is 9.97 Å². The Labute approximate surface area is 110 Å². The van der Waals surface area contributed by atoms with Crippen LogP contribution in [0.1, 0.15) is 5.82 Å². The van der Waals surface area contributed by atoms with Gasteiger partial charge in [-0.2, -0.15) is 13.2 Å². The van der Waals surface area contributed by atoms with Gasteiger partial charge in [0.25, 0.3) is 0 Å². The molecule has 0 saturated heterocycles. The van der Waals surface area contributed by atoms with Gasteiger partial charge in [-0.05, 0) is 18.2 Å². The van der Waals surface area contributed by atoms with Crippen LogP contribution in [0.25, 0.3) is 10.9 Å². The zero-order valence-electron chi connectivity index (χ0n) is 9.59. The number of hydrogen-bond donors (Lipinski definition) is 0. The molecular weight excluding hydrogens is 311 g/mol. The van der Waals surface area contributed by atoms with E-state index in [-0.39, 0.29) is 11.3 Å². The van der Waals surface area contributed by atoms with Crippen molar-refractivity contribution in [1.29, 1.82) is 0 Å². The number of fused-ring (bicyclic) bond motifs is 1. The largest absolute Gasteiger partial charge is 0.451 e. The van der Waals surface area contributed by atoms with Crippen LogP contribution in [0.2, 0.25) is 0 Å². The lowest BCUT2D eigenvalue weighted by Gasteiger charge is -2.16. The minimum atomic E-state index is -4.55. The predicted octanol–water partition coefficient (Wildman–Crippen LogP) is 3.48. The first kappa shape index (κ1) is 13.1. The van der Waals surface area contributed by atoms with E-state index in [9.17, 15) is 13.2 Å². The lowest BCUT2D eigenvalue weighted by atomic mass is 10.2. The van der Waals surface area contributed by atoms with Gasteiger partial charge in [-0.1, -0.05) is 15.9 Å². The molecule has 2 aromatic rings. The Morgan fingerprint density at radius 3 is 2.39 bits per heavy atom. The summed E-state index contributed by atoms with van der Waals surface area (Å²) in [6.07, 6.45) is -4.55. The number of alkyl halides is 3. The summed E-state index contributed by atoms with van der Waals surface area (Å²) in [5.41, 5.74) is 0.268. The van der Waals surface area contributed by atoms with Crippen LogP contribution in [0.5, 0.6) is 0 Å². The smallest absolute Gasteiger partial charge is 0.362 e. The highest BCUT2D eigenvalue weighted by atomic mass is 79.9. The SMILES string of the molecule is CN(C)c1nc(C(F)(F)F)nc2ccc(Br)cc12. The molecule has 0 bridgehead atoms. The minimum absolute atomic E-state index is 0.244. The average Bonchev–Trinajstić information content (AvgIpc) is 2.25. The van der Waals surface area contributed by atoms with E-state index in [0.29, 0.717) is 5.39 Å². The Hall–Kier alpha value is -1.37. The summed E-state index contributed by atoms with van der Waals surface area (Å²) in [5.74, 6) is -0.880. The van der Waals surface area contributed by atoms with Gasteiger partial charge in [0.05, 0.1) is 5.52 Å². The first-order chi connectivity index (χ1) is 8.29. The standard InChI is InChI=1S/C11H9BrF3N3/c1-18(2)9-7-5-6(12)3-4-8(7)16-10(17-9)11(13,14)15/h3-5H,1-2H3. The molecule has 0 unspecified atom stereocenters. The monoisotopic (exact) mass is 319 g/mol. The van der Waals surface area contributed by atoms with E-state index in [0.717, 1.165) is 4.47 Å². The van der Waals surface area contributed by atoms with Crippen LogP contribution in [0.3, 0.4) is 0 Å². The minimum Gasteiger partial charge on any atom is -0.362 e. The van der Waals surface area contributed by atoms with Crippen LogP contribution in [-0.4, -0.2) is 24.1 Å². The number of rotatable bonds is 1. The van der Waals surface area contributed by atoms with Crippen LogP contribution in [-0.2, 0) is 6.18 Å². The molecule has 0 atom stereocenters. The van der Waals surface area contributed by atoms with Gasteiger partial charge in [0.1, 0.15) is 5.82 Å². The van der Waals surface area contributed by atoms with E-state index in [4.69, 9.17) is 0 Å². The summed E-state index contributed by atoms with van der Waals surface area (Å²) < 4.78 is 38.8. The number of anilines is 1. The number of hydrogen-bond acceptors (Lipinski definition) is 3. The number of benzene rings is 1. The summed E-state index contributed by atoms with van der Waals surface area (Å²) in [6.45, 7) is 0. The molecule has 0 N–H and O–H groups in total. The summed E-state index contributed by atoms with van der Waals surface area (Å²) in [5, 5.41) is 0.572. The molecule has 2 rings (SSSR count). The molecule has 96 valence electrons. The van der Waals surface area contributed by atoms with Crippen molar-refractivity contribution in [3.63, 3.8) is 0 Å². The summed E-state index contributed by atoms with van der Waals surface area (Å²) in [7, 11) is 3.28. The molecule has 7 heteroatoms. The molecule has 0 radical (unpaired) electrons. The Bertz CT molecular complexity index is 596. The van der Waals surface area contributed by atoms with E-state index in [1.165, 1.54) is 11.0 Å². The molecule has 1 aromatic heterocycles. The third kappa shape index (κ3) is 2.40. The number of aromatic nitrogens is 2. The van der Waals surface area contributed by atoms with E-state index in [1.54, 1.807) is 26.2 Å². The average molecular weight is 320 g/mol. The molecule has 1 heterocycles. The van der Waals surface area contributed by atoms with Crippen molar-refractivity contribution in [1.82, 2.24) is 9.97 Å². The molecule has 0 aliphatic carbocycles. The first-order valence-corrected chi connectivity index (χ1v) is 5.80. The highest BCUT2D eigenvalue weighted by molar-refractivity contribution is 9.10. The molecule has 18 heavy (non-hydrogen) atoms. The maximum absolute atomic E-state index is 12.7. The van der Waals surface area contributed by atoms with Crippen molar-refractivity contribution in [3.8, 4) is 0 Å². The van der Waals surface area contributed by atoms with Crippen LogP contribution >= 0.6 is 15.9 Å². The summed E-state index contributed by atoms with van der Waals surface area (Å²) >= 11 is 3.28. The fourth-order valence-corrected chi connectivity index (χ4v) is 1.91. The number of halogens is 4. The van der Waals surface area contributed by atoms with Crippen LogP contribution < -0.4 is 4.90 Å². The second-order valence-corrected chi connectivity index (χ2v) is 4.84. The second-order valence-electron chi connectivity index (χ2n) is 3.92. The topological polar surface area (TPSA) is 29.0 Å². The van der Waals surface area contributed by atoms with Crippen molar-refractivity contribution in [3.05, 3.63) is 28.5 Å². The zero-order chi connectivity index (χ0) is 13.5. The van der Waals surface area contributed by atoms with Crippen molar-refractivity contribution in [2.45, 2.75) is 6.18 Å². The van der Waals surface area contributed by atoms with Gasteiger partial charge in [0.15, 0.2) is 0 Å². The molecule has 0 aliphatic heterocycles. The zero-order valence-corrected chi connectivity index (χ0v) is 11.2. The van der Waals surface area contributed by atoms with E-state index >= 15 is 0 Å². The molecule has 0 fully saturated rings. The molecule has 0 spiro atoms. The van der Waals surface area contributed by atoms with Crippen molar-refractivity contribution in [2.24, 2.45) is 0 Å². The normalized spacial score (nSPS) is 11.9. The Morgan fingerprint density at radius 2 is 1.83 bits per heavy atom. The highest BCUT2D eigenvalue weighted by Gasteiger charge is 2.35. The van der Waals surface area contributed by atoms with E-state index in [1.807, 2.05) is 0 Å². The van der Waals surface area contributed by atoms with Crippen LogP contribution in [0, 0.1) is 0 Å². The van der Waals surface area contributed by atoms with Gasteiger partial charge < -0.3 is 4.90 Å². The van der Waals surface area contributed by atoms with Crippen molar-refractivity contribution >= 4 is 32.7 Å². The second kappa shape index (κ2) is 4.38. The Morgan fingerprint density at radius 1 is 1.17 bits per heavy atom. The van der Waals surface area contributed by atoms with Crippen molar-refractivity contribution < 1.29 is 13.2 Å². The van der Waals surface area contributed by atoms with E-state index in [2.05, 4.69) is 25.9 Å². The molecular formula is C11H9BrF3N3. The van der Waals surface area contributed by atoms with Gasteiger partial charge in [-0.15, -0.1) is 0 Å². The number of nitrogens with zero attached hydrogens (tertiary/aromatic N) is 3. The Kier molecular flexibility index (Phi) is 3.18. The lowest BCUT2D eigenvalue weighted by molar-refractivity contribution is -0.144. The van der Waals surface area contributed by atoms with Crippen molar-refractivity contribution in [2.75, 3.05) is 19.0 Å². The fraction of sp³-hybridized carbons (Fsp3) is 0.273. The first-order valence-electron chi connectivity index (χ1n) is 5.01. The van der Waals surface area contributed by atoms with Crippen LogP contribution in [0.15, 0.2) is 22.7 Å². The third-order valence-electron chi connectivity index (χ3n) is 2.31. The maximum atomic E-state index is 12.7. The van der Waals surface area contributed by atoms with Gasteiger partial charge >= 0.3 is 6.18 Å². The lowest BCUT2D eigenvalue weighted by Crippen LogP contribution is -2.17.